The molecule has 0 bridgehead atoms. The molecule has 0 aliphatic carbocycles. The zero-order valence-corrected chi connectivity index (χ0v) is 13.0. The van der Waals surface area contributed by atoms with E-state index in [9.17, 15) is 0 Å². The fourth-order valence-corrected chi connectivity index (χ4v) is 2.40. The van der Waals surface area contributed by atoms with Crippen LogP contribution in [0.3, 0.4) is 0 Å². The van der Waals surface area contributed by atoms with Gasteiger partial charge in [0.15, 0.2) is 0 Å². The van der Waals surface area contributed by atoms with Gasteiger partial charge in [-0.1, -0.05) is 36.4 Å². The fraction of sp³-hybridized carbons (Fsp3) is 0.333. The molecule has 0 heterocycles. The molecular formula is C18H23NO2. The lowest BCUT2D eigenvalue weighted by molar-refractivity contribution is 0.185. The molecule has 2 aromatic carbocycles. The zero-order chi connectivity index (χ0) is 15.1. The number of benzene rings is 2. The van der Waals surface area contributed by atoms with E-state index in [-0.39, 0.29) is 0 Å². The summed E-state index contributed by atoms with van der Waals surface area (Å²) in [5, 5.41) is 3.47. The number of methoxy groups -OCH3 is 2. The van der Waals surface area contributed by atoms with E-state index in [1.54, 1.807) is 14.2 Å². The van der Waals surface area contributed by atoms with Crippen molar-refractivity contribution >= 4 is 0 Å². The second-order valence-corrected chi connectivity index (χ2v) is 5.16. The first-order chi connectivity index (χ1) is 10.2. The molecule has 0 fully saturated rings. The number of rotatable bonds is 7. The highest BCUT2D eigenvalue weighted by Gasteiger charge is 2.00. The Hall–Kier alpha value is -1.84. The third-order valence-electron chi connectivity index (χ3n) is 3.42. The van der Waals surface area contributed by atoms with E-state index >= 15 is 0 Å². The lowest BCUT2D eigenvalue weighted by atomic mass is 10.1. The molecule has 0 aliphatic heterocycles. The van der Waals surface area contributed by atoms with Crippen LogP contribution in [0.25, 0.3) is 0 Å². The average Bonchev–Trinajstić information content (AvgIpc) is 2.48. The summed E-state index contributed by atoms with van der Waals surface area (Å²) in [6.45, 7) is 4.42. The molecular weight excluding hydrogens is 262 g/mol. The van der Waals surface area contributed by atoms with Crippen LogP contribution in [0.5, 0.6) is 5.75 Å². The summed E-state index contributed by atoms with van der Waals surface area (Å²) in [6, 6.07) is 14.7. The molecule has 2 rings (SSSR count). The van der Waals surface area contributed by atoms with Gasteiger partial charge >= 0.3 is 0 Å². The van der Waals surface area contributed by atoms with E-state index in [0.717, 1.165) is 18.8 Å². The third-order valence-corrected chi connectivity index (χ3v) is 3.42. The van der Waals surface area contributed by atoms with Crippen LogP contribution in [0, 0.1) is 6.92 Å². The largest absolute Gasteiger partial charge is 0.496 e. The van der Waals surface area contributed by atoms with Crippen LogP contribution >= 0.6 is 0 Å². The minimum Gasteiger partial charge on any atom is -0.496 e. The van der Waals surface area contributed by atoms with Gasteiger partial charge in [0.2, 0.25) is 0 Å². The summed E-state index contributed by atoms with van der Waals surface area (Å²) in [6.07, 6.45) is 0. The van der Waals surface area contributed by atoms with Crippen molar-refractivity contribution < 1.29 is 9.47 Å². The minimum atomic E-state index is 0.658. The molecule has 0 saturated heterocycles. The van der Waals surface area contributed by atoms with E-state index in [4.69, 9.17) is 9.47 Å². The second kappa shape index (κ2) is 7.81. The molecule has 0 saturated carbocycles. The van der Waals surface area contributed by atoms with Gasteiger partial charge in [0.25, 0.3) is 0 Å². The minimum absolute atomic E-state index is 0.658. The van der Waals surface area contributed by atoms with Crippen molar-refractivity contribution in [3.05, 3.63) is 64.7 Å². The molecule has 112 valence electrons. The topological polar surface area (TPSA) is 30.5 Å². The molecule has 21 heavy (non-hydrogen) atoms. The van der Waals surface area contributed by atoms with E-state index < -0.39 is 0 Å². The first kappa shape index (κ1) is 15.5. The molecule has 0 radical (unpaired) electrons. The van der Waals surface area contributed by atoms with E-state index in [2.05, 4.69) is 48.6 Å². The maximum Gasteiger partial charge on any atom is 0.121 e. The zero-order valence-electron chi connectivity index (χ0n) is 13.0. The van der Waals surface area contributed by atoms with Gasteiger partial charge in [-0.25, -0.2) is 0 Å². The van der Waals surface area contributed by atoms with Gasteiger partial charge in [-0.3, -0.25) is 0 Å². The Labute approximate surface area is 126 Å². The highest BCUT2D eigenvalue weighted by molar-refractivity contribution is 5.36. The molecule has 3 nitrogen and oxygen atoms in total. The van der Waals surface area contributed by atoms with Gasteiger partial charge in [0.1, 0.15) is 5.75 Å². The molecule has 3 heteroatoms. The van der Waals surface area contributed by atoms with Crippen molar-refractivity contribution in [2.24, 2.45) is 0 Å². The normalized spacial score (nSPS) is 10.6. The van der Waals surface area contributed by atoms with Crippen molar-refractivity contribution in [2.45, 2.75) is 26.6 Å². The standard InChI is InChI=1S/C18H23NO2/c1-14-9-16(7-8-18(14)21-3)12-19-11-15-5-4-6-17(10-15)13-20-2/h4-10,19H,11-13H2,1-3H3. The van der Waals surface area contributed by atoms with Crippen LogP contribution in [-0.4, -0.2) is 14.2 Å². The lowest BCUT2D eigenvalue weighted by Gasteiger charge is -2.09. The molecule has 0 spiro atoms. The number of hydrogen-bond donors (Lipinski definition) is 1. The first-order valence-corrected chi connectivity index (χ1v) is 7.14. The first-order valence-electron chi connectivity index (χ1n) is 7.14. The van der Waals surface area contributed by atoms with Crippen molar-refractivity contribution in [2.75, 3.05) is 14.2 Å². The number of nitrogens with one attached hydrogen (secondary N) is 1. The highest BCUT2D eigenvalue weighted by Crippen LogP contribution is 2.18. The van der Waals surface area contributed by atoms with Crippen molar-refractivity contribution in [1.29, 1.82) is 0 Å². The summed E-state index contributed by atoms with van der Waals surface area (Å²) >= 11 is 0. The van der Waals surface area contributed by atoms with Crippen LogP contribution in [-0.2, 0) is 24.4 Å². The van der Waals surface area contributed by atoms with Gasteiger partial charge in [-0.05, 0) is 35.2 Å². The summed E-state index contributed by atoms with van der Waals surface area (Å²) in [5.41, 5.74) is 4.91. The molecule has 0 unspecified atom stereocenters. The van der Waals surface area contributed by atoms with Crippen LogP contribution in [0.4, 0.5) is 0 Å². The Morgan fingerprint density at radius 3 is 2.29 bits per heavy atom. The molecule has 2 aromatic rings. The smallest absolute Gasteiger partial charge is 0.121 e. The molecule has 0 atom stereocenters. The maximum absolute atomic E-state index is 5.28. The van der Waals surface area contributed by atoms with E-state index in [0.29, 0.717) is 6.61 Å². The summed E-state index contributed by atoms with van der Waals surface area (Å²) < 4.78 is 10.4. The maximum atomic E-state index is 5.28. The Balaban J connectivity index is 1.89. The summed E-state index contributed by atoms with van der Waals surface area (Å²) in [5.74, 6) is 0.936. The number of aryl methyl sites for hydroxylation is 1. The monoisotopic (exact) mass is 285 g/mol. The SMILES string of the molecule is COCc1cccc(CNCc2ccc(OC)c(C)c2)c1. The van der Waals surface area contributed by atoms with Gasteiger partial charge < -0.3 is 14.8 Å². The molecule has 0 aromatic heterocycles. The van der Waals surface area contributed by atoms with Crippen molar-refractivity contribution in [1.82, 2.24) is 5.32 Å². The van der Waals surface area contributed by atoms with Gasteiger partial charge in [-0.2, -0.15) is 0 Å². The lowest BCUT2D eigenvalue weighted by Crippen LogP contribution is -2.13. The van der Waals surface area contributed by atoms with Crippen LogP contribution in [0.2, 0.25) is 0 Å². The average molecular weight is 285 g/mol. The number of hydrogen-bond acceptors (Lipinski definition) is 3. The fourth-order valence-electron chi connectivity index (χ4n) is 2.40. The highest BCUT2D eigenvalue weighted by atomic mass is 16.5. The van der Waals surface area contributed by atoms with Gasteiger partial charge in [0.05, 0.1) is 13.7 Å². The number of ether oxygens (including phenoxy) is 2. The van der Waals surface area contributed by atoms with Gasteiger partial charge in [-0.15, -0.1) is 0 Å². The predicted molar refractivity (Wildman–Crippen MR) is 85.4 cm³/mol. The van der Waals surface area contributed by atoms with Crippen LogP contribution in [0.15, 0.2) is 42.5 Å². The van der Waals surface area contributed by atoms with Crippen LogP contribution < -0.4 is 10.1 Å². The molecule has 0 amide bonds. The quantitative estimate of drug-likeness (QED) is 0.845. The van der Waals surface area contributed by atoms with Gasteiger partial charge in [0, 0.05) is 20.2 Å². The van der Waals surface area contributed by atoms with E-state index in [1.165, 1.54) is 22.3 Å². The third kappa shape index (κ3) is 4.59. The van der Waals surface area contributed by atoms with Crippen molar-refractivity contribution in [3.63, 3.8) is 0 Å². The Kier molecular flexibility index (Phi) is 5.78. The Morgan fingerprint density at radius 2 is 1.62 bits per heavy atom. The van der Waals surface area contributed by atoms with Crippen molar-refractivity contribution in [3.8, 4) is 5.75 Å². The summed E-state index contributed by atoms with van der Waals surface area (Å²) in [4.78, 5) is 0. The van der Waals surface area contributed by atoms with Crippen LogP contribution in [0.1, 0.15) is 22.3 Å². The molecule has 0 aliphatic rings. The Morgan fingerprint density at radius 1 is 0.905 bits per heavy atom. The second-order valence-electron chi connectivity index (χ2n) is 5.16. The Bertz CT molecular complexity index is 581. The predicted octanol–water partition coefficient (Wildman–Crippen LogP) is 3.44. The summed E-state index contributed by atoms with van der Waals surface area (Å²) in [7, 11) is 3.42. The van der Waals surface area contributed by atoms with E-state index in [1.807, 2.05) is 6.07 Å². The molecule has 1 N–H and O–H groups in total.